The van der Waals surface area contributed by atoms with E-state index < -0.39 is 4.92 Å². The molecule has 2 heterocycles. The zero-order chi connectivity index (χ0) is 15.7. The number of benzene rings is 1. The summed E-state index contributed by atoms with van der Waals surface area (Å²) >= 11 is 0. The second kappa shape index (κ2) is 6.72. The maximum absolute atomic E-state index is 12.5. The lowest BCUT2D eigenvalue weighted by atomic mass is 9.78. The van der Waals surface area contributed by atoms with Gasteiger partial charge in [-0.2, -0.15) is 0 Å². The van der Waals surface area contributed by atoms with Gasteiger partial charge in [0.1, 0.15) is 5.69 Å². The van der Waals surface area contributed by atoms with Crippen molar-refractivity contribution >= 4 is 29.7 Å². The van der Waals surface area contributed by atoms with Crippen molar-refractivity contribution in [2.24, 2.45) is 5.41 Å². The minimum Gasteiger partial charge on any atom is -0.393 e. The first-order valence-corrected chi connectivity index (χ1v) is 7.55. The number of nitrogens with two attached hydrogens (primary N) is 1. The van der Waals surface area contributed by atoms with E-state index in [4.69, 9.17) is 5.73 Å². The lowest BCUT2D eigenvalue weighted by molar-refractivity contribution is -0.383. The van der Waals surface area contributed by atoms with Crippen molar-refractivity contribution in [3.63, 3.8) is 0 Å². The molecule has 8 heteroatoms. The van der Waals surface area contributed by atoms with Gasteiger partial charge in [-0.3, -0.25) is 14.9 Å². The van der Waals surface area contributed by atoms with Crippen LogP contribution in [-0.2, 0) is 0 Å². The van der Waals surface area contributed by atoms with Gasteiger partial charge in [0.15, 0.2) is 0 Å². The molecule has 0 unspecified atom stereocenters. The minimum absolute atomic E-state index is 0. The number of carbonyl (C=O) groups is 1. The second-order valence-electron chi connectivity index (χ2n) is 6.25. The van der Waals surface area contributed by atoms with Gasteiger partial charge in [0.2, 0.25) is 0 Å². The van der Waals surface area contributed by atoms with Crippen molar-refractivity contribution in [3.05, 3.63) is 33.9 Å². The van der Waals surface area contributed by atoms with Crippen LogP contribution in [0.15, 0.2) is 18.2 Å². The molecule has 1 aromatic rings. The summed E-state index contributed by atoms with van der Waals surface area (Å²) in [7, 11) is 0. The van der Waals surface area contributed by atoms with Gasteiger partial charge in [0.05, 0.1) is 4.92 Å². The van der Waals surface area contributed by atoms with Crippen molar-refractivity contribution in [2.75, 3.05) is 31.9 Å². The van der Waals surface area contributed by atoms with Crippen LogP contribution in [-0.4, -0.2) is 41.9 Å². The number of likely N-dealkylation sites (tertiary alicyclic amines) is 1. The van der Waals surface area contributed by atoms with Gasteiger partial charge in [0.25, 0.3) is 11.6 Å². The molecule has 2 aliphatic heterocycles. The predicted octanol–water partition coefficient (Wildman–Crippen LogP) is 1.81. The fraction of sp³-hybridized carbons (Fsp3) is 0.533. The quantitative estimate of drug-likeness (QED) is 0.485. The van der Waals surface area contributed by atoms with E-state index in [1.165, 1.54) is 18.6 Å². The van der Waals surface area contributed by atoms with Crippen LogP contribution in [0.1, 0.15) is 29.6 Å². The first-order valence-electron chi connectivity index (χ1n) is 7.55. The molecule has 0 atom stereocenters. The fourth-order valence-corrected chi connectivity index (χ4v) is 3.42. The molecule has 3 rings (SSSR count). The zero-order valence-corrected chi connectivity index (χ0v) is 13.6. The van der Waals surface area contributed by atoms with Gasteiger partial charge in [-0.05, 0) is 43.4 Å². The van der Waals surface area contributed by atoms with Gasteiger partial charge < -0.3 is 16.0 Å². The third-order valence-corrected chi connectivity index (χ3v) is 4.92. The Bertz CT molecular complexity index is 607. The highest BCUT2D eigenvalue weighted by atomic mass is 35.5. The highest BCUT2D eigenvalue weighted by molar-refractivity contribution is 5.95. The molecule has 0 radical (unpaired) electrons. The average molecular weight is 341 g/mol. The summed E-state index contributed by atoms with van der Waals surface area (Å²) in [5.74, 6) is -0.149. The van der Waals surface area contributed by atoms with Crippen molar-refractivity contribution in [3.8, 4) is 0 Å². The van der Waals surface area contributed by atoms with Crippen molar-refractivity contribution in [2.45, 2.75) is 19.3 Å². The number of nitrogens with zero attached hydrogens (tertiary/aromatic N) is 2. The largest absolute Gasteiger partial charge is 0.393 e. The number of amides is 1. The number of nitrogens with one attached hydrogen (secondary N) is 1. The van der Waals surface area contributed by atoms with Crippen LogP contribution in [0.3, 0.4) is 0 Å². The molecule has 0 aliphatic carbocycles. The molecule has 7 nitrogen and oxygen atoms in total. The number of rotatable bonds is 2. The van der Waals surface area contributed by atoms with Gasteiger partial charge in [-0.15, -0.1) is 12.4 Å². The molecule has 2 fully saturated rings. The molecular formula is C15H21ClN4O3. The van der Waals surface area contributed by atoms with E-state index >= 15 is 0 Å². The third kappa shape index (κ3) is 3.40. The predicted molar refractivity (Wildman–Crippen MR) is 89.8 cm³/mol. The molecular weight excluding hydrogens is 320 g/mol. The minimum atomic E-state index is -0.554. The summed E-state index contributed by atoms with van der Waals surface area (Å²) in [6.45, 7) is 3.50. The Hall–Kier alpha value is -1.86. The summed E-state index contributed by atoms with van der Waals surface area (Å²) in [5.41, 5.74) is 6.12. The molecule has 23 heavy (non-hydrogen) atoms. The zero-order valence-electron chi connectivity index (χ0n) is 12.8. The molecule has 2 saturated heterocycles. The maximum Gasteiger partial charge on any atom is 0.292 e. The van der Waals surface area contributed by atoms with Gasteiger partial charge in [-0.1, -0.05) is 0 Å². The summed E-state index contributed by atoms with van der Waals surface area (Å²) in [6.07, 6.45) is 3.15. The maximum atomic E-state index is 12.5. The number of nitro groups is 1. The number of anilines is 1. The summed E-state index contributed by atoms with van der Waals surface area (Å²) in [6, 6.07) is 4.27. The lowest BCUT2D eigenvalue weighted by Gasteiger charge is -2.38. The van der Waals surface area contributed by atoms with E-state index in [0.29, 0.717) is 24.1 Å². The highest BCUT2D eigenvalue weighted by Crippen LogP contribution is 2.37. The highest BCUT2D eigenvalue weighted by Gasteiger charge is 2.38. The number of hydrogen-bond donors (Lipinski definition) is 2. The van der Waals surface area contributed by atoms with Crippen molar-refractivity contribution < 1.29 is 9.72 Å². The fourth-order valence-electron chi connectivity index (χ4n) is 3.42. The second-order valence-corrected chi connectivity index (χ2v) is 6.25. The molecule has 1 aromatic carbocycles. The lowest BCUT2D eigenvalue weighted by Crippen LogP contribution is -2.44. The Balaban J connectivity index is 0.00000192. The number of piperidine rings is 1. The Kier molecular flexibility index (Phi) is 5.11. The van der Waals surface area contributed by atoms with Crippen molar-refractivity contribution in [1.29, 1.82) is 0 Å². The van der Waals surface area contributed by atoms with Gasteiger partial charge in [-0.25, -0.2) is 0 Å². The van der Waals surface area contributed by atoms with Crippen LogP contribution in [0.5, 0.6) is 0 Å². The van der Waals surface area contributed by atoms with Crippen molar-refractivity contribution in [1.82, 2.24) is 10.2 Å². The van der Waals surface area contributed by atoms with E-state index in [2.05, 4.69) is 5.32 Å². The molecule has 0 bridgehead atoms. The van der Waals surface area contributed by atoms with Gasteiger partial charge in [0, 0.05) is 31.3 Å². The van der Waals surface area contributed by atoms with E-state index in [9.17, 15) is 14.9 Å². The molecule has 1 spiro atoms. The SMILES string of the molecule is Cl.Nc1ccc(C(=O)N2CCC3(CCNC3)CC2)cc1[N+](=O)[O-]. The van der Waals surface area contributed by atoms with Crippen LogP contribution < -0.4 is 11.1 Å². The third-order valence-electron chi connectivity index (χ3n) is 4.92. The van der Waals surface area contributed by atoms with Crippen LogP contribution in [0.25, 0.3) is 0 Å². The molecule has 0 aromatic heterocycles. The number of halogens is 1. The molecule has 1 amide bonds. The number of nitrogen functional groups attached to an aromatic ring is 1. The summed E-state index contributed by atoms with van der Waals surface area (Å²) in [4.78, 5) is 24.7. The van der Waals surface area contributed by atoms with E-state index in [1.54, 1.807) is 11.0 Å². The Morgan fingerprint density at radius 1 is 1.30 bits per heavy atom. The Morgan fingerprint density at radius 2 is 2.00 bits per heavy atom. The number of carbonyl (C=O) groups excluding carboxylic acids is 1. The van der Waals surface area contributed by atoms with Crippen LogP contribution in [0.4, 0.5) is 11.4 Å². The Morgan fingerprint density at radius 3 is 2.57 bits per heavy atom. The number of nitro benzene ring substituents is 1. The topological polar surface area (TPSA) is 102 Å². The monoisotopic (exact) mass is 340 g/mol. The summed E-state index contributed by atoms with van der Waals surface area (Å²) in [5, 5.41) is 14.3. The Labute approximate surface area is 140 Å². The summed E-state index contributed by atoms with van der Waals surface area (Å²) < 4.78 is 0. The first kappa shape index (κ1) is 17.5. The van der Waals surface area contributed by atoms with E-state index in [-0.39, 0.29) is 29.7 Å². The molecule has 0 saturated carbocycles. The average Bonchev–Trinajstić information content (AvgIpc) is 2.96. The smallest absolute Gasteiger partial charge is 0.292 e. The standard InChI is InChI=1S/C15H20N4O3.ClH/c16-12-2-1-11(9-13(12)19(21)22)14(20)18-7-4-15(5-8-18)3-6-17-10-15;/h1-2,9,17H,3-8,10,16H2;1H. The molecule has 126 valence electrons. The van der Waals surface area contributed by atoms with Crippen LogP contribution in [0.2, 0.25) is 0 Å². The van der Waals surface area contributed by atoms with E-state index in [1.807, 2.05) is 0 Å². The first-order chi connectivity index (χ1) is 10.5. The number of hydrogen-bond acceptors (Lipinski definition) is 5. The van der Waals surface area contributed by atoms with Crippen LogP contribution in [0, 0.1) is 15.5 Å². The molecule has 2 aliphatic rings. The van der Waals surface area contributed by atoms with E-state index in [0.717, 1.165) is 25.9 Å². The molecule has 3 N–H and O–H groups in total. The van der Waals surface area contributed by atoms with Crippen LogP contribution >= 0.6 is 12.4 Å². The van der Waals surface area contributed by atoms with Gasteiger partial charge >= 0.3 is 0 Å². The normalized spacial score (nSPS) is 19.4.